The van der Waals surface area contributed by atoms with Crippen LogP contribution in [0, 0.1) is 11.6 Å². The molecule has 6 nitrogen and oxygen atoms in total. The standard InChI is InChI=1S/C23H17Cl2F2NO3S.C3H6O2/c1-14(23-17(24)3-2-4-20(23)27)11-15-5-8-22-21(12-15)28(9-10-31-22)32(29,30)16-6-7-19(26)18(25)13-16;1-2-3(4)5/h2-8,11-13H,9-10H2,1H3;2H2,1H3,(H,4,5)/b14-11+;. The van der Waals surface area contributed by atoms with E-state index in [1.807, 2.05) is 0 Å². The van der Waals surface area contributed by atoms with Crippen molar-refractivity contribution in [2.24, 2.45) is 0 Å². The maximum Gasteiger partial charge on any atom is 0.303 e. The topological polar surface area (TPSA) is 83.9 Å². The molecule has 37 heavy (non-hydrogen) atoms. The summed E-state index contributed by atoms with van der Waals surface area (Å²) < 4.78 is 61.1. The molecule has 0 saturated carbocycles. The Morgan fingerprint density at radius 3 is 2.41 bits per heavy atom. The summed E-state index contributed by atoms with van der Waals surface area (Å²) in [6.07, 6.45) is 1.93. The summed E-state index contributed by atoms with van der Waals surface area (Å²) in [4.78, 5) is 9.24. The van der Waals surface area contributed by atoms with Gasteiger partial charge >= 0.3 is 5.97 Å². The number of ether oxygens (including phenoxy) is 1. The molecule has 0 radical (unpaired) electrons. The minimum atomic E-state index is -4.03. The van der Waals surface area contributed by atoms with Crippen molar-refractivity contribution in [1.82, 2.24) is 0 Å². The lowest BCUT2D eigenvalue weighted by molar-refractivity contribution is -0.136. The summed E-state index contributed by atoms with van der Waals surface area (Å²) in [5.41, 5.74) is 1.79. The summed E-state index contributed by atoms with van der Waals surface area (Å²) >= 11 is 11.9. The molecule has 1 N–H and O–H groups in total. The maximum absolute atomic E-state index is 14.3. The second kappa shape index (κ2) is 11.9. The van der Waals surface area contributed by atoms with Gasteiger partial charge in [-0.05, 0) is 60.5 Å². The number of carboxylic acid groups (broad SMARTS) is 1. The van der Waals surface area contributed by atoms with Crippen molar-refractivity contribution in [3.63, 3.8) is 0 Å². The number of allylic oxidation sites excluding steroid dienone is 1. The number of carbonyl (C=O) groups is 1. The predicted octanol–water partition coefficient (Wildman–Crippen LogP) is 6.90. The van der Waals surface area contributed by atoms with Crippen LogP contribution < -0.4 is 9.04 Å². The fourth-order valence-electron chi connectivity index (χ4n) is 3.51. The third-order valence-electron chi connectivity index (χ3n) is 5.33. The van der Waals surface area contributed by atoms with Crippen molar-refractivity contribution in [3.05, 3.63) is 87.4 Å². The number of carboxylic acids is 1. The van der Waals surface area contributed by atoms with Crippen molar-refractivity contribution >= 4 is 56.5 Å². The maximum atomic E-state index is 14.3. The highest BCUT2D eigenvalue weighted by Gasteiger charge is 2.31. The van der Waals surface area contributed by atoms with E-state index < -0.39 is 27.6 Å². The van der Waals surface area contributed by atoms with Gasteiger partial charge in [0, 0.05) is 12.0 Å². The molecule has 0 fully saturated rings. The number of benzene rings is 3. The molecule has 0 saturated heterocycles. The quantitative estimate of drug-likeness (QED) is 0.338. The Morgan fingerprint density at radius 2 is 1.78 bits per heavy atom. The number of halogens is 4. The zero-order valence-corrected chi connectivity index (χ0v) is 22.2. The lowest BCUT2D eigenvalue weighted by Crippen LogP contribution is -2.38. The normalized spacial score (nSPS) is 13.2. The van der Waals surface area contributed by atoms with E-state index in [-0.39, 0.29) is 40.1 Å². The molecule has 0 atom stereocenters. The summed E-state index contributed by atoms with van der Waals surface area (Å²) in [6.45, 7) is 3.54. The van der Waals surface area contributed by atoms with E-state index in [9.17, 15) is 22.0 Å². The Kier molecular flexibility index (Phi) is 9.17. The van der Waals surface area contributed by atoms with Crippen LogP contribution in [0.1, 0.15) is 31.4 Å². The number of aliphatic carboxylic acids is 1. The number of anilines is 1. The van der Waals surface area contributed by atoms with Crippen molar-refractivity contribution in [3.8, 4) is 5.75 Å². The first-order valence-corrected chi connectivity index (χ1v) is 13.2. The third kappa shape index (κ3) is 6.60. The van der Waals surface area contributed by atoms with Gasteiger partial charge in [0.05, 0.1) is 27.2 Å². The highest BCUT2D eigenvalue weighted by atomic mass is 35.5. The van der Waals surface area contributed by atoms with Crippen LogP contribution in [-0.4, -0.2) is 32.6 Å². The van der Waals surface area contributed by atoms with Gasteiger partial charge in [0.2, 0.25) is 0 Å². The van der Waals surface area contributed by atoms with Gasteiger partial charge in [-0.2, -0.15) is 0 Å². The van der Waals surface area contributed by atoms with Crippen LogP contribution in [0.15, 0.2) is 59.5 Å². The van der Waals surface area contributed by atoms with Gasteiger partial charge in [0.15, 0.2) is 0 Å². The molecule has 1 heterocycles. The average molecular weight is 570 g/mol. The minimum Gasteiger partial charge on any atom is -0.489 e. The largest absolute Gasteiger partial charge is 0.489 e. The van der Waals surface area contributed by atoms with E-state index in [2.05, 4.69) is 0 Å². The molecule has 0 unspecified atom stereocenters. The monoisotopic (exact) mass is 569 g/mol. The van der Waals surface area contributed by atoms with Gasteiger partial charge in [0.25, 0.3) is 10.0 Å². The fraction of sp³-hybridized carbons (Fsp3) is 0.192. The number of sulfonamides is 1. The second-order valence-electron chi connectivity index (χ2n) is 7.90. The fourth-order valence-corrected chi connectivity index (χ4v) is 5.55. The molecule has 0 amide bonds. The van der Waals surface area contributed by atoms with Gasteiger partial charge in [0.1, 0.15) is 24.0 Å². The molecule has 4 rings (SSSR count). The molecule has 0 bridgehead atoms. The SMILES string of the molecule is C/C(=C\c1ccc2c(c1)N(S(=O)(=O)c1ccc(F)c(Cl)c1)CCO2)c1c(F)cccc1Cl.CCC(=O)O. The van der Waals surface area contributed by atoms with Gasteiger partial charge in [-0.15, -0.1) is 0 Å². The van der Waals surface area contributed by atoms with Crippen LogP contribution in [0.2, 0.25) is 10.0 Å². The van der Waals surface area contributed by atoms with Crippen LogP contribution in [-0.2, 0) is 14.8 Å². The molecule has 3 aromatic carbocycles. The summed E-state index contributed by atoms with van der Waals surface area (Å²) in [7, 11) is -4.03. The third-order valence-corrected chi connectivity index (χ3v) is 7.74. The highest BCUT2D eigenvalue weighted by molar-refractivity contribution is 7.92. The van der Waals surface area contributed by atoms with Crippen LogP contribution in [0.5, 0.6) is 5.75 Å². The number of fused-ring (bicyclic) bond motifs is 1. The highest BCUT2D eigenvalue weighted by Crippen LogP contribution is 2.38. The van der Waals surface area contributed by atoms with Crippen molar-refractivity contribution in [2.45, 2.75) is 25.2 Å². The van der Waals surface area contributed by atoms with Gasteiger partial charge in [-0.25, -0.2) is 17.2 Å². The summed E-state index contributed by atoms with van der Waals surface area (Å²) in [5.74, 6) is -1.52. The van der Waals surface area contributed by atoms with Crippen LogP contribution >= 0.6 is 23.2 Å². The number of hydrogen-bond acceptors (Lipinski definition) is 4. The molecule has 3 aromatic rings. The molecular formula is C26H23Cl2F2NO5S. The van der Waals surface area contributed by atoms with E-state index in [0.717, 1.165) is 12.1 Å². The molecule has 1 aliphatic rings. The molecule has 0 aliphatic carbocycles. The van der Waals surface area contributed by atoms with E-state index in [4.69, 9.17) is 33.0 Å². The Bertz CT molecular complexity index is 1440. The molecule has 1 aliphatic heterocycles. The lowest BCUT2D eigenvalue weighted by atomic mass is 10.0. The van der Waals surface area contributed by atoms with E-state index in [0.29, 0.717) is 22.6 Å². The lowest BCUT2D eigenvalue weighted by Gasteiger charge is -2.30. The number of rotatable bonds is 5. The van der Waals surface area contributed by atoms with Crippen molar-refractivity contribution < 1.29 is 31.8 Å². The van der Waals surface area contributed by atoms with Crippen LogP contribution in [0.4, 0.5) is 14.5 Å². The molecule has 0 aromatic heterocycles. The zero-order valence-electron chi connectivity index (χ0n) is 19.8. The Balaban J connectivity index is 0.000000695. The smallest absolute Gasteiger partial charge is 0.303 e. The van der Waals surface area contributed by atoms with Gasteiger partial charge in [-0.3, -0.25) is 9.10 Å². The second-order valence-corrected chi connectivity index (χ2v) is 10.6. The average Bonchev–Trinajstić information content (AvgIpc) is 2.85. The first kappa shape index (κ1) is 28.4. The van der Waals surface area contributed by atoms with E-state index >= 15 is 0 Å². The minimum absolute atomic E-state index is 0.0651. The Labute approximate surface area is 223 Å². The number of nitrogens with zero attached hydrogens (tertiary/aromatic N) is 1. The Hall–Kier alpha value is -3.14. The molecule has 11 heteroatoms. The van der Waals surface area contributed by atoms with Crippen molar-refractivity contribution in [1.29, 1.82) is 0 Å². The summed E-state index contributed by atoms with van der Waals surface area (Å²) in [5, 5.41) is 7.71. The van der Waals surface area contributed by atoms with Crippen molar-refractivity contribution in [2.75, 3.05) is 17.5 Å². The van der Waals surface area contributed by atoms with Crippen LogP contribution in [0.25, 0.3) is 11.6 Å². The van der Waals surface area contributed by atoms with Crippen LogP contribution in [0.3, 0.4) is 0 Å². The molecular weight excluding hydrogens is 547 g/mol. The first-order chi connectivity index (χ1) is 17.4. The predicted molar refractivity (Wildman–Crippen MR) is 141 cm³/mol. The molecule has 196 valence electrons. The van der Waals surface area contributed by atoms with Gasteiger partial charge < -0.3 is 9.84 Å². The van der Waals surface area contributed by atoms with Gasteiger partial charge in [-0.1, -0.05) is 48.3 Å². The van der Waals surface area contributed by atoms with E-state index in [1.54, 1.807) is 44.2 Å². The summed E-state index contributed by atoms with van der Waals surface area (Å²) in [6, 6.07) is 12.7. The first-order valence-electron chi connectivity index (χ1n) is 11.0. The number of hydrogen-bond donors (Lipinski definition) is 1. The van der Waals surface area contributed by atoms with E-state index in [1.165, 1.54) is 22.5 Å². The molecule has 0 spiro atoms. The zero-order chi connectivity index (χ0) is 27.3. The Morgan fingerprint density at radius 1 is 1.08 bits per heavy atom.